The molecule has 0 amide bonds. The molecule has 4 heteroatoms. The van der Waals surface area contributed by atoms with Crippen molar-refractivity contribution in [1.29, 1.82) is 0 Å². The van der Waals surface area contributed by atoms with Crippen molar-refractivity contribution in [2.24, 2.45) is 0 Å². The summed E-state index contributed by atoms with van der Waals surface area (Å²) in [5.74, 6) is 0.970. The normalized spacial score (nSPS) is 11.0. The fourth-order valence-corrected chi connectivity index (χ4v) is 2.23. The summed E-state index contributed by atoms with van der Waals surface area (Å²) in [7, 11) is 0. The first-order valence-electron chi connectivity index (χ1n) is 6.91. The van der Waals surface area contributed by atoms with Gasteiger partial charge in [-0.2, -0.15) is 0 Å². The predicted octanol–water partition coefficient (Wildman–Crippen LogP) is 5.19. The lowest BCUT2D eigenvalue weighted by Crippen LogP contribution is -2.22. The minimum atomic E-state index is -0.299. The Hall–Kier alpha value is -1.39. The summed E-state index contributed by atoms with van der Waals surface area (Å²) in [5.41, 5.74) is 1.94. The highest BCUT2D eigenvalue weighted by molar-refractivity contribution is 9.10. The summed E-state index contributed by atoms with van der Waals surface area (Å²) in [5, 5.41) is 3.36. The average molecular weight is 352 g/mol. The van der Waals surface area contributed by atoms with Crippen molar-refractivity contribution >= 4 is 15.9 Å². The summed E-state index contributed by atoms with van der Waals surface area (Å²) < 4.78 is 20.2. The van der Waals surface area contributed by atoms with Crippen molar-refractivity contribution in [3.05, 3.63) is 57.8 Å². The molecule has 21 heavy (non-hydrogen) atoms. The van der Waals surface area contributed by atoms with Crippen LogP contribution in [0, 0.1) is 12.7 Å². The van der Waals surface area contributed by atoms with Gasteiger partial charge in [-0.1, -0.05) is 41.9 Å². The van der Waals surface area contributed by atoms with E-state index in [1.807, 2.05) is 25.1 Å². The Morgan fingerprint density at radius 3 is 2.62 bits per heavy atom. The lowest BCUT2D eigenvalue weighted by atomic mass is 10.1. The van der Waals surface area contributed by atoms with Crippen LogP contribution in [0.25, 0.3) is 0 Å². The van der Waals surface area contributed by atoms with Crippen LogP contribution in [0.3, 0.4) is 0 Å². The van der Waals surface area contributed by atoms with Crippen molar-refractivity contribution in [2.45, 2.75) is 33.4 Å². The third kappa shape index (κ3) is 4.55. The summed E-state index contributed by atoms with van der Waals surface area (Å²) in [6, 6.07) is 10.8. The molecule has 0 aliphatic carbocycles. The molecule has 0 saturated heterocycles. The molecule has 2 aromatic rings. The van der Waals surface area contributed by atoms with E-state index in [9.17, 15) is 4.39 Å². The minimum absolute atomic E-state index is 0.299. The van der Waals surface area contributed by atoms with Crippen molar-refractivity contribution in [1.82, 2.24) is 5.32 Å². The second-order valence-corrected chi connectivity index (χ2v) is 6.22. The molecule has 0 bridgehead atoms. The molecule has 0 fully saturated rings. The molecule has 2 rings (SSSR count). The molecule has 0 heterocycles. The second-order valence-electron chi connectivity index (χ2n) is 5.30. The van der Waals surface area contributed by atoms with Crippen LogP contribution in [0.4, 0.5) is 4.39 Å². The van der Waals surface area contributed by atoms with E-state index < -0.39 is 0 Å². The maximum Gasteiger partial charge on any atom is 0.133 e. The molecular weight excluding hydrogens is 333 g/mol. The maximum atomic E-state index is 13.4. The Morgan fingerprint density at radius 2 is 1.90 bits per heavy atom. The first-order valence-corrected chi connectivity index (χ1v) is 7.71. The van der Waals surface area contributed by atoms with Crippen LogP contribution in [-0.2, 0) is 6.54 Å². The first kappa shape index (κ1) is 16.0. The third-order valence-electron chi connectivity index (χ3n) is 3.10. The second kappa shape index (κ2) is 7.05. The lowest BCUT2D eigenvalue weighted by molar-refractivity contribution is 0.461. The van der Waals surface area contributed by atoms with Gasteiger partial charge >= 0.3 is 0 Å². The minimum Gasteiger partial charge on any atom is -0.457 e. The zero-order valence-corrected chi connectivity index (χ0v) is 14.0. The highest BCUT2D eigenvalue weighted by atomic mass is 79.9. The Balaban J connectivity index is 2.29. The van der Waals surface area contributed by atoms with E-state index in [1.54, 1.807) is 6.07 Å². The molecule has 2 aromatic carbocycles. The highest BCUT2D eigenvalue weighted by Gasteiger charge is 2.09. The van der Waals surface area contributed by atoms with Gasteiger partial charge in [0.15, 0.2) is 0 Å². The molecule has 112 valence electrons. The van der Waals surface area contributed by atoms with Crippen molar-refractivity contribution < 1.29 is 9.13 Å². The quantitative estimate of drug-likeness (QED) is 0.800. The number of ether oxygens (including phenoxy) is 1. The molecular formula is C17H19BrFNO. The van der Waals surface area contributed by atoms with Crippen molar-refractivity contribution in [2.75, 3.05) is 0 Å². The van der Waals surface area contributed by atoms with Crippen LogP contribution in [0.2, 0.25) is 0 Å². The van der Waals surface area contributed by atoms with E-state index in [2.05, 4.69) is 35.1 Å². The van der Waals surface area contributed by atoms with Gasteiger partial charge in [-0.25, -0.2) is 4.39 Å². The Bertz CT molecular complexity index is 628. The number of hydrogen-bond donors (Lipinski definition) is 1. The van der Waals surface area contributed by atoms with Crippen molar-refractivity contribution in [3.63, 3.8) is 0 Å². The molecule has 1 N–H and O–H groups in total. The van der Waals surface area contributed by atoms with E-state index in [0.29, 0.717) is 18.3 Å². The number of nitrogens with one attached hydrogen (secondary N) is 1. The van der Waals surface area contributed by atoms with Gasteiger partial charge in [0.05, 0.1) is 0 Å². The van der Waals surface area contributed by atoms with Gasteiger partial charge in [-0.15, -0.1) is 0 Å². The van der Waals surface area contributed by atoms with Gasteiger partial charge in [-0.05, 0) is 30.7 Å². The third-order valence-corrected chi connectivity index (χ3v) is 3.59. The van der Waals surface area contributed by atoms with Crippen LogP contribution < -0.4 is 10.1 Å². The Morgan fingerprint density at radius 1 is 1.14 bits per heavy atom. The Labute approximate surface area is 133 Å². The topological polar surface area (TPSA) is 21.3 Å². The number of rotatable bonds is 5. The molecule has 0 aromatic heterocycles. The monoisotopic (exact) mass is 351 g/mol. The summed E-state index contributed by atoms with van der Waals surface area (Å²) in [6.07, 6.45) is 0. The predicted molar refractivity (Wildman–Crippen MR) is 87.3 cm³/mol. The van der Waals surface area contributed by atoms with Gasteiger partial charge in [0, 0.05) is 28.7 Å². The number of benzene rings is 2. The zero-order valence-electron chi connectivity index (χ0n) is 12.4. The maximum absolute atomic E-state index is 13.4. The zero-order chi connectivity index (χ0) is 15.4. The van der Waals surface area contributed by atoms with Crippen LogP contribution >= 0.6 is 15.9 Å². The Kier molecular flexibility index (Phi) is 5.37. The highest BCUT2D eigenvalue weighted by Crippen LogP contribution is 2.31. The summed E-state index contributed by atoms with van der Waals surface area (Å²) in [6.45, 7) is 6.79. The molecule has 0 radical (unpaired) electrons. The molecule has 0 unspecified atom stereocenters. The molecule has 0 atom stereocenters. The molecule has 0 aliphatic heterocycles. The van der Waals surface area contributed by atoms with E-state index in [0.717, 1.165) is 21.3 Å². The van der Waals surface area contributed by atoms with Gasteiger partial charge in [0.25, 0.3) is 0 Å². The van der Waals surface area contributed by atoms with Crippen LogP contribution in [0.5, 0.6) is 11.5 Å². The summed E-state index contributed by atoms with van der Waals surface area (Å²) in [4.78, 5) is 0. The van der Waals surface area contributed by atoms with Gasteiger partial charge in [-0.3, -0.25) is 0 Å². The fraction of sp³-hybridized carbons (Fsp3) is 0.294. The van der Waals surface area contributed by atoms with Crippen LogP contribution in [0.15, 0.2) is 40.9 Å². The number of aryl methyl sites for hydroxylation is 1. The van der Waals surface area contributed by atoms with E-state index in [-0.39, 0.29) is 5.82 Å². The fourth-order valence-electron chi connectivity index (χ4n) is 1.89. The molecule has 2 nitrogen and oxygen atoms in total. The van der Waals surface area contributed by atoms with E-state index in [1.165, 1.54) is 12.1 Å². The van der Waals surface area contributed by atoms with Gasteiger partial charge in [0.1, 0.15) is 17.3 Å². The van der Waals surface area contributed by atoms with E-state index in [4.69, 9.17) is 4.74 Å². The lowest BCUT2D eigenvalue weighted by Gasteiger charge is -2.15. The van der Waals surface area contributed by atoms with Gasteiger partial charge < -0.3 is 10.1 Å². The summed E-state index contributed by atoms with van der Waals surface area (Å²) >= 11 is 3.45. The average Bonchev–Trinajstić information content (AvgIpc) is 2.42. The van der Waals surface area contributed by atoms with Crippen molar-refractivity contribution in [3.8, 4) is 11.5 Å². The van der Waals surface area contributed by atoms with Crippen LogP contribution in [-0.4, -0.2) is 6.04 Å². The van der Waals surface area contributed by atoms with Gasteiger partial charge in [0.2, 0.25) is 0 Å². The SMILES string of the molecule is Cc1ccc(F)cc1Oc1cc(Br)ccc1CNC(C)C. The number of hydrogen-bond acceptors (Lipinski definition) is 2. The largest absolute Gasteiger partial charge is 0.457 e. The standard InChI is InChI=1S/C17H19BrFNO/c1-11(2)20-10-13-5-6-14(18)8-17(13)21-16-9-15(19)7-4-12(16)3/h4-9,11,20H,10H2,1-3H3. The smallest absolute Gasteiger partial charge is 0.133 e. The molecule has 0 spiro atoms. The molecule has 0 aliphatic rings. The first-order chi connectivity index (χ1) is 9.95. The molecule has 0 saturated carbocycles. The number of halogens is 2. The van der Waals surface area contributed by atoms with E-state index >= 15 is 0 Å². The van der Waals surface area contributed by atoms with Crippen LogP contribution in [0.1, 0.15) is 25.0 Å².